The van der Waals surface area contributed by atoms with Gasteiger partial charge >= 0.3 is 0 Å². The second-order valence-electron chi connectivity index (χ2n) is 1.08. The summed E-state index contributed by atoms with van der Waals surface area (Å²) in [6.45, 7) is 0. The van der Waals surface area contributed by atoms with E-state index in [2.05, 4.69) is 10.9 Å². The number of nitrogens with one attached hydrogen (secondary N) is 1. The van der Waals surface area contributed by atoms with Crippen LogP contribution in [0.1, 0.15) is 0 Å². The molecule has 0 aromatic rings. The van der Waals surface area contributed by atoms with Crippen molar-refractivity contribution < 1.29 is 0 Å². The average Bonchev–Trinajstić information content (AvgIpc) is 1.90. The van der Waals surface area contributed by atoms with E-state index in [9.17, 15) is 0 Å². The van der Waals surface area contributed by atoms with Gasteiger partial charge in [0.2, 0.25) is 0 Å². The molecule has 0 spiro atoms. The van der Waals surface area contributed by atoms with Crippen molar-refractivity contribution in [2.24, 2.45) is 10.9 Å². The van der Waals surface area contributed by atoms with Crippen LogP contribution in [0.25, 0.3) is 0 Å². The first-order chi connectivity index (χ1) is 4.26. The van der Waals surface area contributed by atoms with E-state index in [0.717, 1.165) is 0 Å². The number of hydrogen-bond acceptors (Lipinski definition) is 5. The molecule has 0 aromatic heterocycles. The van der Waals surface area contributed by atoms with Gasteiger partial charge in [-0.1, -0.05) is 0 Å². The first-order valence-electron chi connectivity index (χ1n) is 1.93. The SMILES string of the molecule is N#CC(=N)C(C#N)=NN. The molecule has 5 nitrogen and oxygen atoms in total. The smallest absolute Gasteiger partial charge is 0.195 e. The molecule has 0 bridgehead atoms. The van der Waals surface area contributed by atoms with E-state index in [1.165, 1.54) is 12.1 Å². The van der Waals surface area contributed by atoms with Crippen LogP contribution in [0.4, 0.5) is 0 Å². The molecular weight excluding hydrogens is 118 g/mol. The van der Waals surface area contributed by atoms with Crippen molar-refractivity contribution in [3.8, 4) is 12.1 Å². The van der Waals surface area contributed by atoms with Gasteiger partial charge in [-0.2, -0.15) is 15.6 Å². The molecule has 0 unspecified atom stereocenters. The Balaban J connectivity index is 4.44. The van der Waals surface area contributed by atoms with Crippen molar-refractivity contribution in [2.75, 3.05) is 0 Å². The third kappa shape index (κ3) is 1.58. The first-order valence-corrected chi connectivity index (χ1v) is 1.93. The maximum Gasteiger partial charge on any atom is 0.195 e. The number of nitrogens with zero attached hydrogens (tertiary/aromatic N) is 3. The largest absolute Gasteiger partial charge is 0.322 e. The Morgan fingerprint density at radius 2 is 2.00 bits per heavy atom. The van der Waals surface area contributed by atoms with Gasteiger partial charge in [0.05, 0.1) is 0 Å². The van der Waals surface area contributed by atoms with Gasteiger partial charge in [-0.3, -0.25) is 5.41 Å². The van der Waals surface area contributed by atoms with Crippen LogP contribution in [0.15, 0.2) is 5.10 Å². The molecule has 0 amide bonds. The number of hydrazone groups is 1. The maximum atomic E-state index is 8.07. The lowest BCUT2D eigenvalue weighted by Crippen LogP contribution is -2.09. The lowest BCUT2D eigenvalue weighted by atomic mass is 10.3. The minimum absolute atomic E-state index is 0.350. The first kappa shape index (κ1) is 7.12. The van der Waals surface area contributed by atoms with Gasteiger partial charge in [0.25, 0.3) is 0 Å². The van der Waals surface area contributed by atoms with Crippen molar-refractivity contribution in [2.45, 2.75) is 0 Å². The molecule has 0 aliphatic heterocycles. The Hall–Kier alpha value is -1.88. The molecule has 0 aliphatic rings. The predicted octanol–water partition coefficient (Wildman–Crippen LogP) is -0.632. The van der Waals surface area contributed by atoms with E-state index in [1.807, 2.05) is 0 Å². The summed E-state index contributed by atoms with van der Waals surface area (Å²) >= 11 is 0. The second-order valence-corrected chi connectivity index (χ2v) is 1.08. The van der Waals surface area contributed by atoms with Gasteiger partial charge in [0.1, 0.15) is 12.1 Å². The molecule has 0 heterocycles. The zero-order valence-electron chi connectivity index (χ0n) is 4.42. The van der Waals surface area contributed by atoms with Gasteiger partial charge in [-0.25, -0.2) is 0 Å². The highest BCUT2D eigenvalue weighted by molar-refractivity contribution is 6.52. The Morgan fingerprint density at radius 1 is 1.44 bits per heavy atom. The van der Waals surface area contributed by atoms with Crippen LogP contribution in [-0.4, -0.2) is 11.4 Å². The van der Waals surface area contributed by atoms with E-state index in [-0.39, 0.29) is 5.71 Å². The quantitative estimate of drug-likeness (QED) is 0.273. The van der Waals surface area contributed by atoms with Gasteiger partial charge in [-0.05, 0) is 0 Å². The number of hydrogen-bond donors (Lipinski definition) is 2. The predicted molar refractivity (Wildman–Crippen MR) is 30.6 cm³/mol. The molecule has 44 valence electrons. The Kier molecular flexibility index (Phi) is 2.50. The van der Waals surface area contributed by atoms with Crippen molar-refractivity contribution in [3.63, 3.8) is 0 Å². The number of nitrogens with two attached hydrogens (primary N) is 1. The fourth-order valence-electron chi connectivity index (χ4n) is 0.202. The van der Waals surface area contributed by atoms with Gasteiger partial charge in [0, 0.05) is 0 Å². The van der Waals surface area contributed by atoms with E-state index < -0.39 is 5.71 Å². The third-order valence-electron chi connectivity index (χ3n) is 0.584. The maximum absolute atomic E-state index is 8.07. The standard InChI is InChI=1S/C4H3N5/c5-1-3(7)4(2-6)9-8/h7H,8H2. The number of rotatable bonds is 1. The molecule has 0 saturated carbocycles. The van der Waals surface area contributed by atoms with Crippen LogP contribution in [0.2, 0.25) is 0 Å². The lowest BCUT2D eigenvalue weighted by Gasteiger charge is -1.82. The summed E-state index contributed by atoms with van der Waals surface area (Å²) in [4.78, 5) is 0. The zero-order valence-corrected chi connectivity index (χ0v) is 4.42. The minimum atomic E-state index is -0.514. The fourth-order valence-corrected chi connectivity index (χ4v) is 0.202. The lowest BCUT2D eigenvalue weighted by molar-refractivity contribution is 1.26. The van der Waals surface area contributed by atoms with Crippen molar-refractivity contribution in [1.29, 1.82) is 15.9 Å². The molecule has 0 aliphatic carbocycles. The molecule has 0 aromatic carbocycles. The normalized spacial score (nSPS) is 9.33. The zero-order chi connectivity index (χ0) is 7.28. The fraction of sp³-hybridized carbons (Fsp3) is 0. The minimum Gasteiger partial charge on any atom is -0.322 e. The van der Waals surface area contributed by atoms with Crippen LogP contribution in [0.5, 0.6) is 0 Å². The van der Waals surface area contributed by atoms with Crippen molar-refractivity contribution in [3.05, 3.63) is 0 Å². The molecule has 0 radical (unpaired) electrons. The molecule has 0 fully saturated rings. The highest BCUT2D eigenvalue weighted by atomic mass is 15.1. The van der Waals surface area contributed by atoms with E-state index in [4.69, 9.17) is 15.9 Å². The third-order valence-corrected chi connectivity index (χ3v) is 0.584. The van der Waals surface area contributed by atoms with Crippen LogP contribution < -0.4 is 5.84 Å². The summed E-state index contributed by atoms with van der Waals surface area (Å²) in [6.07, 6.45) is 0. The monoisotopic (exact) mass is 121 g/mol. The van der Waals surface area contributed by atoms with Crippen LogP contribution in [0.3, 0.4) is 0 Å². The molecule has 0 rings (SSSR count). The molecule has 5 heteroatoms. The Bertz CT molecular complexity index is 224. The second kappa shape index (κ2) is 3.16. The molecule has 0 atom stereocenters. The van der Waals surface area contributed by atoms with Crippen molar-refractivity contribution in [1.82, 2.24) is 0 Å². The van der Waals surface area contributed by atoms with Crippen LogP contribution >= 0.6 is 0 Å². The summed E-state index contributed by atoms with van der Waals surface area (Å²) in [5.74, 6) is 4.63. The van der Waals surface area contributed by atoms with Gasteiger partial charge in [-0.15, -0.1) is 0 Å². The summed E-state index contributed by atoms with van der Waals surface area (Å²) in [5.41, 5.74) is -0.863. The summed E-state index contributed by atoms with van der Waals surface area (Å²) in [5, 5.41) is 25.7. The molecule has 9 heavy (non-hydrogen) atoms. The van der Waals surface area contributed by atoms with Crippen LogP contribution in [0, 0.1) is 28.1 Å². The van der Waals surface area contributed by atoms with Gasteiger partial charge in [0.15, 0.2) is 11.4 Å². The van der Waals surface area contributed by atoms with Crippen LogP contribution in [-0.2, 0) is 0 Å². The average molecular weight is 121 g/mol. The Labute approximate surface area is 51.5 Å². The summed E-state index contributed by atoms with van der Waals surface area (Å²) in [7, 11) is 0. The van der Waals surface area contributed by atoms with E-state index >= 15 is 0 Å². The summed E-state index contributed by atoms with van der Waals surface area (Å²) in [6, 6.07) is 2.90. The molecule has 3 N–H and O–H groups in total. The van der Waals surface area contributed by atoms with E-state index in [1.54, 1.807) is 0 Å². The summed E-state index contributed by atoms with van der Waals surface area (Å²) < 4.78 is 0. The van der Waals surface area contributed by atoms with Gasteiger partial charge < -0.3 is 5.84 Å². The Morgan fingerprint density at radius 3 is 2.11 bits per heavy atom. The molecule has 0 saturated heterocycles. The highest BCUT2D eigenvalue weighted by Gasteiger charge is 2.01. The molecular formula is C4H3N5. The highest BCUT2D eigenvalue weighted by Crippen LogP contribution is 1.74. The number of nitriles is 2. The van der Waals surface area contributed by atoms with E-state index in [0.29, 0.717) is 0 Å². The van der Waals surface area contributed by atoms with Crippen molar-refractivity contribution >= 4 is 11.4 Å². The topological polar surface area (TPSA) is 110 Å².